The van der Waals surface area contributed by atoms with Crippen molar-refractivity contribution in [1.82, 2.24) is 4.57 Å². The fraction of sp³-hybridized carbons (Fsp3) is 0.0417. The number of aryl methyl sites for hydroxylation is 1. The van der Waals surface area contributed by atoms with Crippen LogP contribution in [0.3, 0.4) is 0 Å². The number of para-hydroxylation sites is 1. The lowest BCUT2D eigenvalue weighted by atomic mass is 9.99. The number of nitrogens with zero attached hydrogens (tertiary/aromatic N) is 1. The van der Waals surface area contributed by atoms with E-state index < -0.39 is 5.97 Å². The van der Waals surface area contributed by atoms with Gasteiger partial charge in [-0.2, -0.15) is 0 Å². The molecular weight excluding hydrogens is 350 g/mol. The number of aromatic hydroxyl groups is 1. The van der Waals surface area contributed by atoms with Crippen molar-refractivity contribution < 1.29 is 15.0 Å². The van der Waals surface area contributed by atoms with Gasteiger partial charge in [0.25, 0.3) is 0 Å². The van der Waals surface area contributed by atoms with Gasteiger partial charge >= 0.3 is 5.97 Å². The molecule has 0 fully saturated rings. The van der Waals surface area contributed by atoms with Gasteiger partial charge in [-0.3, -0.25) is 0 Å². The van der Waals surface area contributed by atoms with E-state index >= 15 is 0 Å². The Hall–Kier alpha value is -3.79. The molecule has 4 rings (SSSR count). The third-order valence-corrected chi connectivity index (χ3v) is 4.78. The zero-order chi connectivity index (χ0) is 19.7. The fourth-order valence-corrected chi connectivity index (χ4v) is 3.41. The van der Waals surface area contributed by atoms with Gasteiger partial charge in [0, 0.05) is 23.0 Å². The Bertz CT molecular complexity index is 1140. The second-order valence-electron chi connectivity index (χ2n) is 6.66. The van der Waals surface area contributed by atoms with Gasteiger partial charge in [-0.15, -0.1) is 0 Å². The molecule has 28 heavy (non-hydrogen) atoms. The highest BCUT2D eigenvalue weighted by molar-refractivity contribution is 6.04. The van der Waals surface area contributed by atoms with Crippen LogP contribution >= 0.6 is 0 Å². The zero-order valence-electron chi connectivity index (χ0n) is 15.3. The monoisotopic (exact) mass is 369 g/mol. The molecule has 138 valence electrons. The number of carbonyl (C=O) groups is 1. The Morgan fingerprint density at radius 3 is 2.11 bits per heavy atom. The number of rotatable bonds is 4. The molecule has 0 unspecified atom stereocenters. The van der Waals surface area contributed by atoms with Gasteiger partial charge in [-0.05, 0) is 36.8 Å². The summed E-state index contributed by atoms with van der Waals surface area (Å²) in [6.07, 6.45) is 1.82. The summed E-state index contributed by atoms with van der Waals surface area (Å²) in [5.74, 6) is -1.00. The summed E-state index contributed by atoms with van der Waals surface area (Å²) in [4.78, 5) is 12.3. The maximum absolute atomic E-state index is 12.3. The van der Waals surface area contributed by atoms with Crippen LogP contribution in [-0.2, 0) is 0 Å². The van der Waals surface area contributed by atoms with Crippen LogP contribution in [0.4, 0.5) is 0 Å². The van der Waals surface area contributed by atoms with E-state index in [0.29, 0.717) is 16.8 Å². The van der Waals surface area contributed by atoms with Gasteiger partial charge in [0.15, 0.2) is 0 Å². The first-order valence-electron chi connectivity index (χ1n) is 8.95. The van der Waals surface area contributed by atoms with Crippen LogP contribution in [0.15, 0.2) is 85.1 Å². The van der Waals surface area contributed by atoms with Crippen LogP contribution in [0.1, 0.15) is 15.9 Å². The van der Waals surface area contributed by atoms with E-state index in [0.717, 1.165) is 16.8 Å². The van der Waals surface area contributed by atoms with Gasteiger partial charge in [-0.25, -0.2) is 4.79 Å². The Balaban J connectivity index is 2.09. The van der Waals surface area contributed by atoms with Crippen molar-refractivity contribution in [2.24, 2.45) is 0 Å². The Kier molecular flexibility index (Phi) is 4.45. The smallest absolute Gasteiger partial charge is 0.338 e. The molecule has 0 radical (unpaired) electrons. The number of benzene rings is 3. The molecule has 0 bridgehead atoms. The molecule has 0 saturated carbocycles. The van der Waals surface area contributed by atoms with Crippen LogP contribution in [0.2, 0.25) is 0 Å². The predicted octanol–water partition coefficient (Wildman–Crippen LogP) is 5.52. The first kappa shape index (κ1) is 17.6. The number of aromatic carboxylic acids is 1. The lowest BCUT2D eigenvalue weighted by Crippen LogP contribution is -2.03. The number of phenols is 1. The second kappa shape index (κ2) is 7.08. The molecule has 0 aliphatic rings. The SMILES string of the molecule is Cc1ccc(-n2cc(-c3ccccc3)c(C(=O)O)c2-c2ccccc2O)cc1. The highest BCUT2D eigenvalue weighted by Crippen LogP contribution is 2.39. The third kappa shape index (κ3) is 3.05. The normalized spacial score (nSPS) is 10.8. The summed E-state index contributed by atoms with van der Waals surface area (Å²) < 4.78 is 1.83. The van der Waals surface area contributed by atoms with Crippen molar-refractivity contribution in [3.8, 4) is 33.8 Å². The summed E-state index contributed by atoms with van der Waals surface area (Å²) >= 11 is 0. The minimum atomic E-state index is -1.04. The average molecular weight is 369 g/mol. The molecule has 4 nitrogen and oxygen atoms in total. The maximum atomic E-state index is 12.3. The van der Waals surface area contributed by atoms with E-state index in [9.17, 15) is 15.0 Å². The topological polar surface area (TPSA) is 62.5 Å². The second-order valence-corrected chi connectivity index (χ2v) is 6.66. The highest BCUT2D eigenvalue weighted by atomic mass is 16.4. The molecule has 1 heterocycles. The molecule has 0 atom stereocenters. The quantitative estimate of drug-likeness (QED) is 0.498. The number of hydrogen-bond donors (Lipinski definition) is 2. The Labute approximate surface area is 163 Å². The van der Waals surface area contributed by atoms with Gasteiger partial charge in [0.2, 0.25) is 0 Å². The van der Waals surface area contributed by atoms with E-state index in [-0.39, 0.29) is 11.3 Å². The first-order chi connectivity index (χ1) is 13.6. The fourth-order valence-electron chi connectivity index (χ4n) is 3.41. The van der Waals surface area contributed by atoms with Crippen LogP contribution in [-0.4, -0.2) is 20.7 Å². The van der Waals surface area contributed by atoms with Crippen molar-refractivity contribution in [2.75, 3.05) is 0 Å². The standard InChI is InChI=1S/C24H19NO3/c1-16-11-13-18(14-12-16)25-15-20(17-7-3-2-4-8-17)22(24(27)28)23(25)19-9-5-6-10-21(19)26/h2-15,26H,1H3,(H,27,28). The van der Waals surface area contributed by atoms with Crippen molar-refractivity contribution in [3.63, 3.8) is 0 Å². The van der Waals surface area contributed by atoms with Gasteiger partial charge < -0.3 is 14.8 Å². The number of phenolic OH excluding ortho intramolecular Hbond substituents is 1. The molecule has 3 aromatic carbocycles. The van der Waals surface area contributed by atoms with Gasteiger partial charge in [0.05, 0.1) is 11.3 Å². The van der Waals surface area contributed by atoms with Gasteiger partial charge in [0.1, 0.15) is 5.75 Å². The lowest BCUT2D eigenvalue weighted by molar-refractivity contribution is 0.0698. The molecule has 4 aromatic rings. The molecule has 0 aliphatic heterocycles. The minimum absolute atomic E-state index is 0.0380. The van der Waals surface area contributed by atoms with Crippen molar-refractivity contribution in [1.29, 1.82) is 0 Å². The summed E-state index contributed by atoms with van der Waals surface area (Å²) in [7, 11) is 0. The summed E-state index contributed by atoms with van der Waals surface area (Å²) in [5.41, 5.74) is 4.44. The molecular formula is C24H19NO3. The third-order valence-electron chi connectivity index (χ3n) is 4.78. The van der Waals surface area contributed by atoms with Crippen molar-refractivity contribution in [3.05, 3.63) is 96.2 Å². The number of carboxylic acid groups (broad SMARTS) is 1. The van der Waals surface area contributed by atoms with E-state index in [1.807, 2.05) is 72.3 Å². The largest absolute Gasteiger partial charge is 0.507 e. The maximum Gasteiger partial charge on any atom is 0.338 e. The van der Waals surface area contributed by atoms with Crippen LogP contribution in [0.5, 0.6) is 5.75 Å². The van der Waals surface area contributed by atoms with E-state index in [2.05, 4.69) is 0 Å². The van der Waals surface area contributed by atoms with Crippen LogP contribution < -0.4 is 0 Å². The number of aromatic nitrogens is 1. The van der Waals surface area contributed by atoms with Crippen LogP contribution in [0.25, 0.3) is 28.1 Å². The Morgan fingerprint density at radius 1 is 0.821 bits per heavy atom. The van der Waals surface area contributed by atoms with Crippen molar-refractivity contribution in [2.45, 2.75) is 6.92 Å². The summed E-state index contributed by atoms with van der Waals surface area (Å²) in [6, 6.07) is 24.1. The van der Waals surface area contributed by atoms with E-state index in [1.54, 1.807) is 24.3 Å². The average Bonchev–Trinajstić information content (AvgIpc) is 3.10. The number of carboxylic acids is 1. The molecule has 1 aromatic heterocycles. The van der Waals surface area contributed by atoms with E-state index in [4.69, 9.17) is 0 Å². The number of hydrogen-bond acceptors (Lipinski definition) is 2. The molecule has 0 spiro atoms. The summed E-state index contributed by atoms with van der Waals surface area (Å²) in [6.45, 7) is 2.00. The molecule has 4 heteroatoms. The highest BCUT2D eigenvalue weighted by Gasteiger charge is 2.25. The Morgan fingerprint density at radius 2 is 1.46 bits per heavy atom. The zero-order valence-corrected chi connectivity index (χ0v) is 15.3. The minimum Gasteiger partial charge on any atom is -0.507 e. The molecule has 0 aliphatic carbocycles. The lowest BCUT2D eigenvalue weighted by Gasteiger charge is -2.12. The van der Waals surface area contributed by atoms with Gasteiger partial charge in [-0.1, -0.05) is 60.2 Å². The van der Waals surface area contributed by atoms with E-state index in [1.165, 1.54) is 0 Å². The van der Waals surface area contributed by atoms with Crippen LogP contribution in [0, 0.1) is 6.92 Å². The molecule has 0 saturated heterocycles. The first-order valence-corrected chi connectivity index (χ1v) is 8.95. The molecule has 2 N–H and O–H groups in total. The summed E-state index contributed by atoms with van der Waals surface area (Å²) in [5, 5.41) is 20.5. The molecule has 0 amide bonds. The van der Waals surface area contributed by atoms with Crippen molar-refractivity contribution >= 4 is 5.97 Å². The predicted molar refractivity (Wildman–Crippen MR) is 110 cm³/mol.